The molecule has 2 aromatic carbocycles. The van der Waals surface area contributed by atoms with Crippen molar-refractivity contribution in [3.8, 4) is 11.5 Å². The third-order valence-corrected chi connectivity index (χ3v) is 5.50. The number of carbonyl (C=O) groups excluding carboxylic acids is 1. The van der Waals surface area contributed by atoms with Crippen molar-refractivity contribution in [1.82, 2.24) is 4.31 Å². The standard InChI is InChI=1S/C18H21NO6S/c1-19(12-14-4-6-15(23-2)7-5-14)26(21,22)17-10-8-16(9-11-17)25-13-18(20)24-3/h4-11H,12-13H2,1-3H3. The zero-order chi connectivity index (χ0) is 19.2. The Morgan fingerprint density at radius 3 is 2.08 bits per heavy atom. The molecule has 0 bridgehead atoms. The molecule has 0 saturated carbocycles. The van der Waals surface area contributed by atoms with Crippen LogP contribution in [0.15, 0.2) is 53.4 Å². The van der Waals surface area contributed by atoms with E-state index in [2.05, 4.69) is 4.74 Å². The zero-order valence-corrected chi connectivity index (χ0v) is 15.7. The Kier molecular flexibility index (Phi) is 6.59. The molecule has 8 heteroatoms. The Bertz CT molecular complexity index is 831. The van der Waals surface area contributed by atoms with Gasteiger partial charge in [0.25, 0.3) is 0 Å². The maximum Gasteiger partial charge on any atom is 0.343 e. The fourth-order valence-electron chi connectivity index (χ4n) is 2.16. The molecule has 26 heavy (non-hydrogen) atoms. The molecule has 0 amide bonds. The molecule has 7 nitrogen and oxygen atoms in total. The highest BCUT2D eigenvalue weighted by Gasteiger charge is 2.21. The van der Waals surface area contributed by atoms with Gasteiger partial charge in [0.2, 0.25) is 10.0 Å². The van der Waals surface area contributed by atoms with Crippen LogP contribution in [0.2, 0.25) is 0 Å². The fourth-order valence-corrected chi connectivity index (χ4v) is 3.32. The number of benzene rings is 2. The normalized spacial score (nSPS) is 11.2. The summed E-state index contributed by atoms with van der Waals surface area (Å²) in [5.74, 6) is 0.579. The summed E-state index contributed by atoms with van der Waals surface area (Å²) in [7, 11) is 0.702. The molecule has 0 atom stereocenters. The fraction of sp³-hybridized carbons (Fsp3) is 0.278. The van der Waals surface area contributed by atoms with Crippen molar-refractivity contribution in [2.24, 2.45) is 0 Å². The Labute approximate surface area is 153 Å². The number of nitrogens with zero attached hydrogens (tertiary/aromatic N) is 1. The first kappa shape index (κ1) is 19.7. The van der Waals surface area contributed by atoms with Gasteiger partial charge in [0, 0.05) is 13.6 Å². The van der Waals surface area contributed by atoms with Crippen LogP contribution in [-0.4, -0.2) is 46.6 Å². The number of hydrogen-bond donors (Lipinski definition) is 0. The van der Waals surface area contributed by atoms with Crippen LogP contribution in [0.25, 0.3) is 0 Å². The molecule has 0 aliphatic rings. The van der Waals surface area contributed by atoms with E-state index < -0.39 is 16.0 Å². The predicted molar refractivity (Wildman–Crippen MR) is 95.6 cm³/mol. The molecule has 0 N–H and O–H groups in total. The SMILES string of the molecule is COC(=O)COc1ccc(S(=O)(=O)N(C)Cc2ccc(OC)cc2)cc1. The number of rotatable bonds is 8. The van der Waals surface area contributed by atoms with Gasteiger partial charge in [0.05, 0.1) is 19.1 Å². The molecule has 0 fully saturated rings. The van der Waals surface area contributed by atoms with Gasteiger partial charge < -0.3 is 14.2 Å². The predicted octanol–water partition coefficient (Wildman–Crippen LogP) is 2.07. The second-order valence-electron chi connectivity index (χ2n) is 5.45. The van der Waals surface area contributed by atoms with Crippen LogP contribution < -0.4 is 9.47 Å². The van der Waals surface area contributed by atoms with E-state index in [0.29, 0.717) is 11.5 Å². The average Bonchev–Trinajstić information content (AvgIpc) is 2.66. The molecule has 140 valence electrons. The summed E-state index contributed by atoms with van der Waals surface area (Å²) in [6.07, 6.45) is 0. The van der Waals surface area contributed by atoms with Gasteiger partial charge in [-0.1, -0.05) is 12.1 Å². The van der Waals surface area contributed by atoms with Crippen LogP contribution in [0, 0.1) is 0 Å². The monoisotopic (exact) mass is 379 g/mol. The largest absolute Gasteiger partial charge is 0.497 e. The molecule has 0 aliphatic heterocycles. The summed E-state index contributed by atoms with van der Waals surface area (Å²) in [6, 6.07) is 13.1. The second-order valence-corrected chi connectivity index (χ2v) is 7.49. The van der Waals surface area contributed by atoms with Crippen molar-refractivity contribution in [3.05, 3.63) is 54.1 Å². The molecule has 0 aliphatic carbocycles. The van der Waals surface area contributed by atoms with E-state index in [1.165, 1.54) is 42.7 Å². The number of carbonyl (C=O) groups is 1. The van der Waals surface area contributed by atoms with E-state index in [4.69, 9.17) is 9.47 Å². The van der Waals surface area contributed by atoms with Crippen LogP contribution in [0.5, 0.6) is 11.5 Å². The molecule has 2 aromatic rings. The van der Waals surface area contributed by atoms with Crippen molar-refractivity contribution < 1.29 is 27.4 Å². The van der Waals surface area contributed by atoms with Gasteiger partial charge in [-0.2, -0.15) is 4.31 Å². The van der Waals surface area contributed by atoms with Gasteiger partial charge in [-0.05, 0) is 42.0 Å². The number of esters is 1. The van der Waals surface area contributed by atoms with Crippen LogP contribution >= 0.6 is 0 Å². The van der Waals surface area contributed by atoms with E-state index in [-0.39, 0.29) is 18.0 Å². The first-order chi connectivity index (χ1) is 12.4. The summed E-state index contributed by atoms with van der Waals surface area (Å²) in [5, 5.41) is 0. The summed E-state index contributed by atoms with van der Waals surface area (Å²) in [4.78, 5) is 11.2. The maximum atomic E-state index is 12.7. The Morgan fingerprint density at radius 2 is 1.54 bits per heavy atom. The minimum Gasteiger partial charge on any atom is -0.497 e. The number of ether oxygens (including phenoxy) is 3. The van der Waals surface area contributed by atoms with Crippen molar-refractivity contribution in [3.63, 3.8) is 0 Å². The lowest BCUT2D eigenvalue weighted by Gasteiger charge is -2.17. The van der Waals surface area contributed by atoms with Crippen LogP contribution in [-0.2, 0) is 26.1 Å². The van der Waals surface area contributed by atoms with E-state index in [1.807, 2.05) is 12.1 Å². The molecular weight excluding hydrogens is 358 g/mol. The molecule has 0 aromatic heterocycles. The summed E-state index contributed by atoms with van der Waals surface area (Å²) < 4.78 is 41.4. The van der Waals surface area contributed by atoms with E-state index in [1.54, 1.807) is 19.2 Å². The molecular formula is C18H21NO6S. The minimum absolute atomic E-state index is 0.138. The third kappa shape index (κ3) is 4.96. The first-order valence-electron chi connectivity index (χ1n) is 7.75. The summed E-state index contributed by atoms with van der Waals surface area (Å²) in [5.41, 5.74) is 0.843. The second kappa shape index (κ2) is 8.68. The number of sulfonamides is 1. The molecule has 0 unspecified atom stereocenters. The quantitative estimate of drug-likeness (QED) is 0.653. The molecule has 0 spiro atoms. The van der Waals surface area contributed by atoms with Gasteiger partial charge in [0.1, 0.15) is 11.5 Å². The zero-order valence-electron chi connectivity index (χ0n) is 14.8. The number of methoxy groups -OCH3 is 2. The van der Waals surface area contributed by atoms with Crippen LogP contribution in [0.1, 0.15) is 5.56 Å². The highest BCUT2D eigenvalue weighted by molar-refractivity contribution is 7.89. The summed E-state index contributed by atoms with van der Waals surface area (Å²) >= 11 is 0. The lowest BCUT2D eigenvalue weighted by Crippen LogP contribution is -2.26. The van der Waals surface area contributed by atoms with Crippen molar-refractivity contribution in [1.29, 1.82) is 0 Å². The van der Waals surface area contributed by atoms with Crippen molar-refractivity contribution in [2.75, 3.05) is 27.9 Å². The van der Waals surface area contributed by atoms with Crippen LogP contribution in [0.4, 0.5) is 0 Å². The minimum atomic E-state index is -3.65. The molecule has 2 rings (SSSR count). The van der Waals surface area contributed by atoms with E-state index in [0.717, 1.165) is 5.56 Å². The highest BCUT2D eigenvalue weighted by Crippen LogP contribution is 2.21. The number of hydrogen-bond acceptors (Lipinski definition) is 6. The van der Waals surface area contributed by atoms with Gasteiger partial charge in [-0.25, -0.2) is 13.2 Å². The van der Waals surface area contributed by atoms with E-state index in [9.17, 15) is 13.2 Å². The lowest BCUT2D eigenvalue weighted by molar-refractivity contribution is -0.142. The van der Waals surface area contributed by atoms with E-state index >= 15 is 0 Å². The van der Waals surface area contributed by atoms with Crippen molar-refractivity contribution >= 4 is 16.0 Å². The first-order valence-corrected chi connectivity index (χ1v) is 9.20. The summed E-state index contributed by atoms with van der Waals surface area (Å²) in [6.45, 7) is -0.00705. The Balaban J connectivity index is 2.06. The average molecular weight is 379 g/mol. The molecule has 0 radical (unpaired) electrons. The van der Waals surface area contributed by atoms with Gasteiger partial charge in [0.15, 0.2) is 6.61 Å². The Morgan fingerprint density at radius 1 is 0.962 bits per heavy atom. The van der Waals surface area contributed by atoms with Gasteiger partial charge in [-0.15, -0.1) is 0 Å². The van der Waals surface area contributed by atoms with Crippen LogP contribution in [0.3, 0.4) is 0 Å². The smallest absolute Gasteiger partial charge is 0.343 e. The van der Waals surface area contributed by atoms with Crippen molar-refractivity contribution in [2.45, 2.75) is 11.4 Å². The highest BCUT2D eigenvalue weighted by atomic mass is 32.2. The lowest BCUT2D eigenvalue weighted by atomic mass is 10.2. The third-order valence-electron chi connectivity index (χ3n) is 3.68. The topological polar surface area (TPSA) is 82.1 Å². The van der Waals surface area contributed by atoms with Gasteiger partial charge >= 0.3 is 5.97 Å². The molecule has 0 heterocycles. The Hall–Kier alpha value is -2.58. The molecule has 0 saturated heterocycles. The maximum absolute atomic E-state index is 12.7. The van der Waals surface area contributed by atoms with Gasteiger partial charge in [-0.3, -0.25) is 0 Å².